The van der Waals surface area contributed by atoms with Crippen LogP contribution in [0, 0.1) is 13.8 Å². The number of thioether (sulfide) groups is 1. The predicted molar refractivity (Wildman–Crippen MR) is 121 cm³/mol. The second-order valence-electron chi connectivity index (χ2n) is 6.88. The first-order valence-electron chi connectivity index (χ1n) is 9.48. The van der Waals surface area contributed by atoms with Gasteiger partial charge >= 0.3 is 0 Å². The van der Waals surface area contributed by atoms with Gasteiger partial charge in [0.25, 0.3) is 5.91 Å². The first-order chi connectivity index (χ1) is 14.6. The van der Waals surface area contributed by atoms with Gasteiger partial charge in [0.1, 0.15) is 0 Å². The lowest BCUT2D eigenvalue weighted by Gasteiger charge is -2.06. The molecular formula is C22H21N5OS2. The first-order valence-corrected chi connectivity index (χ1v) is 11.3. The molecule has 4 aromatic rings. The molecule has 152 valence electrons. The molecule has 0 radical (unpaired) electrons. The van der Waals surface area contributed by atoms with Crippen molar-refractivity contribution in [2.24, 2.45) is 0 Å². The lowest BCUT2D eigenvalue weighted by atomic mass is 10.1. The Bertz CT molecular complexity index is 1140. The summed E-state index contributed by atoms with van der Waals surface area (Å²) in [6.07, 6.45) is 0. The topological polar surface area (TPSA) is 72.7 Å². The average Bonchev–Trinajstić information content (AvgIpc) is 3.33. The van der Waals surface area contributed by atoms with Crippen LogP contribution in [0.1, 0.15) is 32.9 Å². The Morgan fingerprint density at radius 3 is 2.50 bits per heavy atom. The minimum Gasteiger partial charge on any atom is -0.296 e. The number of rotatable bonds is 7. The third kappa shape index (κ3) is 5.14. The number of carbonyl (C=O) groups is 1. The molecule has 0 aliphatic rings. The van der Waals surface area contributed by atoms with Crippen LogP contribution in [0.25, 0.3) is 0 Å². The molecule has 4 rings (SSSR count). The van der Waals surface area contributed by atoms with E-state index in [4.69, 9.17) is 0 Å². The zero-order valence-corrected chi connectivity index (χ0v) is 18.3. The van der Waals surface area contributed by atoms with Crippen LogP contribution in [0.3, 0.4) is 0 Å². The van der Waals surface area contributed by atoms with Crippen molar-refractivity contribution >= 4 is 34.1 Å². The molecule has 0 saturated carbocycles. The van der Waals surface area contributed by atoms with E-state index >= 15 is 0 Å². The number of anilines is 1. The molecule has 0 unspecified atom stereocenters. The van der Waals surface area contributed by atoms with E-state index in [9.17, 15) is 4.79 Å². The highest BCUT2D eigenvalue weighted by atomic mass is 32.2. The van der Waals surface area contributed by atoms with Gasteiger partial charge in [-0.15, -0.1) is 10.2 Å². The third-order valence-corrected chi connectivity index (χ3v) is 6.53. The van der Waals surface area contributed by atoms with Crippen molar-refractivity contribution in [3.05, 3.63) is 88.7 Å². The molecular weight excluding hydrogens is 414 g/mol. The summed E-state index contributed by atoms with van der Waals surface area (Å²) in [6.45, 7) is 4.70. The van der Waals surface area contributed by atoms with Crippen molar-refractivity contribution in [2.45, 2.75) is 30.5 Å². The molecule has 6 nitrogen and oxygen atoms in total. The second-order valence-corrected chi connectivity index (χ2v) is 9.08. The fraction of sp³-hybridized carbons (Fsp3) is 0.182. The van der Waals surface area contributed by atoms with E-state index < -0.39 is 0 Å². The lowest BCUT2D eigenvalue weighted by molar-refractivity contribution is 0.102. The maximum Gasteiger partial charge on any atom is 0.257 e. The van der Waals surface area contributed by atoms with Crippen LogP contribution in [0.15, 0.2) is 65.0 Å². The first kappa shape index (κ1) is 20.3. The van der Waals surface area contributed by atoms with Gasteiger partial charge in [0.05, 0.1) is 12.2 Å². The Labute approximate surface area is 183 Å². The Balaban J connectivity index is 1.33. The van der Waals surface area contributed by atoms with Crippen LogP contribution in [-0.4, -0.2) is 25.9 Å². The van der Waals surface area contributed by atoms with Crippen LogP contribution >= 0.6 is 23.1 Å². The van der Waals surface area contributed by atoms with E-state index in [2.05, 4.69) is 38.8 Å². The normalized spacial score (nSPS) is 10.9. The summed E-state index contributed by atoms with van der Waals surface area (Å²) < 4.78 is 2.79. The zero-order valence-electron chi connectivity index (χ0n) is 16.7. The summed E-state index contributed by atoms with van der Waals surface area (Å²) >= 11 is 2.99. The number of hydrogen-bond acceptors (Lipinski definition) is 6. The molecule has 2 aromatic heterocycles. The van der Waals surface area contributed by atoms with Crippen molar-refractivity contribution in [2.75, 3.05) is 5.32 Å². The Kier molecular flexibility index (Phi) is 6.25. The molecule has 0 spiro atoms. The molecule has 8 heteroatoms. The van der Waals surface area contributed by atoms with E-state index in [0.29, 0.717) is 17.2 Å². The number of carbonyl (C=O) groups excluding carboxylic acids is 1. The molecule has 0 aliphatic carbocycles. The van der Waals surface area contributed by atoms with Gasteiger partial charge in [-0.3, -0.25) is 14.8 Å². The maximum absolute atomic E-state index is 12.5. The van der Waals surface area contributed by atoms with Crippen molar-refractivity contribution in [3.8, 4) is 0 Å². The fourth-order valence-electron chi connectivity index (χ4n) is 2.98. The maximum atomic E-state index is 12.5. The largest absolute Gasteiger partial charge is 0.296 e. The molecule has 0 atom stereocenters. The van der Waals surface area contributed by atoms with Crippen molar-refractivity contribution < 1.29 is 4.79 Å². The van der Waals surface area contributed by atoms with Gasteiger partial charge in [0, 0.05) is 17.0 Å². The Morgan fingerprint density at radius 2 is 1.80 bits per heavy atom. The molecule has 0 fully saturated rings. The van der Waals surface area contributed by atoms with Crippen LogP contribution in [0.5, 0.6) is 0 Å². The molecule has 30 heavy (non-hydrogen) atoms. The minimum atomic E-state index is -0.191. The molecule has 1 N–H and O–H groups in total. The smallest absolute Gasteiger partial charge is 0.257 e. The molecule has 2 aromatic carbocycles. The molecule has 0 aliphatic heterocycles. The second kappa shape index (κ2) is 9.23. The van der Waals surface area contributed by atoms with Gasteiger partial charge in [0.2, 0.25) is 5.13 Å². The van der Waals surface area contributed by atoms with Crippen molar-refractivity contribution in [1.82, 2.24) is 20.0 Å². The minimum absolute atomic E-state index is 0.191. The van der Waals surface area contributed by atoms with E-state index in [0.717, 1.165) is 27.0 Å². The number of hydrogen-bond donors (Lipinski definition) is 1. The summed E-state index contributed by atoms with van der Waals surface area (Å²) in [7, 11) is 0. The van der Waals surface area contributed by atoms with Gasteiger partial charge in [-0.05, 0) is 43.2 Å². The van der Waals surface area contributed by atoms with Gasteiger partial charge in [-0.2, -0.15) is 5.10 Å². The third-order valence-electron chi connectivity index (χ3n) is 4.48. The van der Waals surface area contributed by atoms with Gasteiger partial charge < -0.3 is 0 Å². The highest BCUT2D eigenvalue weighted by Crippen LogP contribution is 2.28. The molecule has 0 bridgehead atoms. The molecule has 2 heterocycles. The van der Waals surface area contributed by atoms with Crippen LogP contribution < -0.4 is 5.32 Å². The molecule has 1 amide bonds. The number of aryl methyl sites for hydroxylation is 2. The fourth-order valence-corrected chi connectivity index (χ4v) is 4.68. The quantitative estimate of drug-likeness (QED) is 0.329. The van der Waals surface area contributed by atoms with Crippen molar-refractivity contribution in [3.63, 3.8) is 0 Å². The highest BCUT2D eigenvalue weighted by molar-refractivity contribution is 8.00. The monoisotopic (exact) mass is 435 g/mol. The van der Waals surface area contributed by atoms with Gasteiger partial charge in [0.15, 0.2) is 4.34 Å². The van der Waals surface area contributed by atoms with E-state index in [1.807, 2.05) is 61.0 Å². The summed E-state index contributed by atoms with van der Waals surface area (Å²) in [5.74, 6) is 0.628. The number of benzene rings is 2. The Morgan fingerprint density at radius 1 is 1.03 bits per heavy atom. The van der Waals surface area contributed by atoms with Gasteiger partial charge in [-0.25, -0.2) is 0 Å². The van der Waals surface area contributed by atoms with Crippen LogP contribution in [-0.2, 0) is 12.3 Å². The molecule has 0 saturated heterocycles. The number of aromatic nitrogens is 4. The summed E-state index contributed by atoms with van der Waals surface area (Å²) in [5, 5.41) is 16.1. The lowest BCUT2D eigenvalue weighted by Crippen LogP contribution is -2.12. The summed E-state index contributed by atoms with van der Waals surface area (Å²) in [4.78, 5) is 12.5. The standard InChI is InChI=1S/C22H21N5OS2/c1-15-12-16(2)27(26-15)13-17-8-10-19(11-9-17)20(28)23-21-24-25-22(30-21)29-14-18-6-4-3-5-7-18/h3-12H,13-14H2,1-2H3,(H,23,24,28). The van der Waals surface area contributed by atoms with Gasteiger partial charge in [-0.1, -0.05) is 65.6 Å². The number of nitrogens with one attached hydrogen (secondary N) is 1. The van der Waals surface area contributed by atoms with Crippen LogP contribution in [0.2, 0.25) is 0 Å². The van der Waals surface area contributed by atoms with E-state index in [-0.39, 0.29) is 5.91 Å². The number of nitrogens with zero attached hydrogens (tertiary/aromatic N) is 4. The van der Waals surface area contributed by atoms with E-state index in [1.165, 1.54) is 16.9 Å². The zero-order chi connectivity index (χ0) is 20.9. The van der Waals surface area contributed by atoms with Crippen molar-refractivity contribution in [1.29, 1.82) is 0 Å². The average molecular weight is 436 g/mol. The van der Waals surface area contributed by atoms with E-state index in [1.54, 1.807) is 11.8 Å². The SMILES string of the molecule is Cc1cc(C)n(Cc2ccc(C(=O)Nc3nnc(SCc4ccccc4)s3)cc2)n1. The highest BCUT2D eigenvalue weighted by Gasteiger charge is 2.11. The number of amides is 1. The predicted octanol–water partition coefficient (Wildman–Crippen LogP) is 4.94. The summed E-state index contributed by atoms with van der Waals surface area (Å²) in [5.41, 5.74) is 5.02. The van der Waals surface area contributed by atoms with Crippen LogP contribution in [0.4, 0.5) is 5.13 Å². The Hall–Kier alpha value is -2.97. The summed E-state index contributed by atoms with van der Waals surface area (Å²) in [6, 6.07) is 19.8.